The Morgan fingerprint density at radius 3 is 3.04 bits per heavy atom. The maximum Gasteiger partial charge on any atom is 0.321 e. The van der Waals surface area contributed by atoms with Crippen LogP contribution in [0.1, 0.15) is 29.3 Å². The third kappa shape index (κ3) is 3.44. The zero-order chi connectivity index (χ0) is 15.6. The first-order valence-corrected chi connectivity index (χ1v) is 8.68. The number of carbonyl (C=O) groups excluding carboxylic acids is 1. The third-order valence-electron chi connectivity index (χ3n) is 4.09. The van der Waals surface area contributed by atoms with Gasteiger partial charge in [-0.05, 0) is 30.9 Å². The van der Waals surface area contributed by atoms with Crippen LogP contribution in [-0.2, 0) is 6.42 Å². The summed E-state index contributed by atoms with van der Waals surface area (Å²) in [6.45, 7) is 1.20. The molecule has 1 aromatic carbocycles. The molecule has 2 aromatic rings. The molecule has 0 bridgehead atoms. The first-order valence-electron chi connectivity index (χ1n) is 7.87. The molecule has 6 nitrogen and oxygen atoms in total. The minimum absolute atomic E-state index is 0.234. The summed E-state index contributed by atoms with van der Waals surface area (Å²) in [5.41, 5.74) is 1.20. The lowest BCUT2D eigenvalue weighted by Crippen LogP contribution is -2.37. The quantitative estimate of drug-likeness (QED) is 0.904. The molecule has 120 valence electrons. The number of hydrogen-bond donors (Lipinski definition) is 2. The monoisotopic (exact) mass is 330 g/mol. The minimum atomic E-state index is -0.234. The van der Waals surface area contributed by atoms with Gasteiger partial charge in [0.1, 0.15) is 10.8 Å². The molecule has 1 saturated carbocycles. The largest absolute Gasteiger partial charge is 0.493 e. The van der Waals surface area contributed by atoms with E-state index in [2.05, 4.69) is 26.9 Å². The predicted molar refractivity (Wildman–Crippen MR) is 88.0 cm³/mol. The number of nitrogens with one attached hydrogen (secondary N) is 2. The first-order chi connectivity index (χ1) is 11.3. The second-order valence-corrected chi connectivity index (χ2v) is 7.05. The Morgan fingerprint density at radius 1 is 1.30 bits per heavy atom. The van der Waals surface area contributed by atoms with Gasteiger partial charge in [-0.15, -0.1) is 10.2 Å². The molecule has 2 aliphatic rings. The molecule has 2 amide bonds. The second-order valence-electron chi connectivity index (χ2n) is 6.04. The maximum absolute atomic E-state index is 12.0. The number of hydrogen-bond acceptors (Lipinski definition) is 5. The van der Waals surface area contributed by atoms with Crippen molar-refractivity contribution in [3.8, 4) is 5.75 Å². The van der Waals surface area contributed by atoms with E-state index >= 15 is 0 Å². The smallest absolute Gasteiger partial charge is 0.321 e. The standard InChI is InChI=1S/C16H18N4O2S/c21-15(18-16-20-19-14(23-16)11-5-6-11)17-8-10-7-12-3-1-2-4-13(12)22-9-10/h1-4,10-11H,5-9H2,(H2,17,18,20,21)/t10-/m0/s1. The average Bonchev–Trinajstić information content (AvgIpc) is 3.33. The van der Waals surface area contributed by atoms with Gasteiger partial charge in [0, 0.05) is 18.4 Å². The topological polar surface area (TPSA) is 76.1 Å². The normalized spacial score (nSPS) is 19.6. The van der Waals surface area contributed by atoms with Crippen LogP contribution in [-0.4, -0.2) is 29.4 Å². The number of para-hydroxylation sites is 1. The van der Waals surface area contributed by atoms with E-state index in [-0.39, 0.29) is 11.9 Å². The van der Waals surface area contributed by atoms with Crippen molar-refractivity contribution in [1.29, 1.82) is 0 Å². The zero-order valence-corrected chi connectivity index (χ0v) is 13.4. The van der Waals surface area contributed by atoms with Gasteiger partial charge in [-0.2, -0.15) is 0 Å². The molecule has 0 spiro atoms. The molecule has 2 heterocycles. The molecule has 1 aliphatic heterocycles. The number of urea groups is 1. The molecule has 2 N–H and O–H groups in total. The molecule has 0 saturated heterocycles. The fraction of sp³-hybridized carbons (Fsp3) is 0.438. The number of anilines is 1. The molecular weight excluding hydrogens is 312 g/mol. The van der Waals surface area contributed by atoms with Crippen LogP contribution < -0.4 is 15.4 Å². The summed E-state index contributed by atoms with van der Waals surface area (Å²) >= 11 is 1.47. The number of amides is 2. The van der Waals surface area contributed by atoms with Crippen molar-refractivity contribution in [1.82, 2.24) is 15.5 Å². The van der Waals surface area contributed by atoms with E-state index in [0.29, 0.717) is 24.2 Å². The Bertz CT molecular complexity index is 714. The van der Waals surface area contributed by atoms with E-state index < -0.39 is 0 Å². The Labute approximate surface area is 138 Å². The fourth-order valence-electron chi connectivity index (χ4n) is 2.68. The van der Waals surface area contributed by atoms with Gasteiger partial charge in [0.2, 0.25) is 5.13 Å². The Balaban J connectivity index is 1.26. The van der Waals surface area contributed by atoms with E-state index in [9.17, 15) is 4.79 Å². The average molecular weight is 330 g/mol. The molecule has 7 heteroatoms. The van der Waals surface area contributed by atoms with Crippen LogP contribution in [0.5, 0.6) is 5.75 Å². The summed E-state index contributed by atoms with van der Waals surface area (Å²) in [6, 6.07) is 7.81. The highest BCUT2D eigenvalue weighted by Gasteiger charge is 2.27. The van der Waals surface area contributed by atoms with Crippen LogP contribution in [0.4, 0.5) is 9.93 Å². The van der Waals surface area contributed by atoms with E-state index in [0.717, 1.165) is 17.2 Å². The molecule has 0 radical (unpaired) electrons. The predicted octanol–water partition coefficient (Wildman–Crippen LogP) is 2.79. The lowest BCUT2D eigenvalue weighted by atomic mass is 9.97. The molecule has 23 heavy (non-hydrogen) atoms. The van der Waals surface area contributed by atoms with Crippen LogP contribution in [0.2, 0.25) is 0 Å². The van der Waals surface area contributed by atoms with Crippen molar-refractivity contribution in [2.24, 2.45) is 5.92 Å². The third-order valence-corrected chi connectivity index (χ3v) is 5.10. The van der Waals surface area contributed by atoms with Gasteiger partial charge in [-0.25, -0.2) is 4.79 Å². The SMILES string of the molecule is O=C(NC[C@H]1COc2ccccc2C1)Nc1nnc(C2CC2)s1. The van der Waals surface area contributed by atoms with Crippen molar-refractivity contribution in [2.75, 3.05) is 18.5 Å². The van der Waals surface area contributed by atoms with Crippen LogP contribution in [0.15, 0.2) is 24.3 Å². The molecule has 1 atom stereocenters. The van der Waals surface area contributed by atoms with Gasteiger partial charge >= 0.3 is 6.03 Å². The van der Waals surface area contributed by atoms with E-state index in [4.69, 9.17) is 4.74 Å². The number of nitrogens with zero attached hydrogens (tertiary/aromatic N) is 2. The maximum atomic E-state index is 12.0. The van der Waals surface area contributed by atoms with Gasteiger partial charge in [0.15, 0.2) is 0 Å². The first kappa shape index (κ1) is 14.4. The highest BCUT2D eigenvalue weighted by atomic mass is 32.1. The molecule has 1 aromatic heterocycles. The van der Waals surface area contributed by atoms with Gasteiger partial charge in [0.05, 0.1) is 6.61 Å². The molecular formula is C16H18N4O2S. The highest BCUT2D eigenvalue weighted by Crippen LogP contribution is 2.42. The summed E-state index contributed by atoms with van der Waals surface area (Å²) in [6.07, 6.45) is 3.29. The van der Waals surface area contributed by atoms with E-state index in [1.165, 1.54) is 29.7 Å². The highest BCUT2D eigenvalue weighted by molar-refractivity contribution is 7.15. The number of ether oxygens (including phenoxy) is 1. The molecule has 1 fully saturated rings. The van der Waals surface area contributed by atoms with Gasteiger partial charge < -0.3 is 10.1 Å². The number of rotatable bonds is 4. The second kappa shape index (κ2) is 6.16. The lowest BCUT2D eigenvalue weighted by molar-refractivity contribution is 0.215. The number of benzene rings is 1. The molecule has 0 unspecified atom stereocenters. The summed E-state index contributed by atoms with van der Waals surface area (Å²) in [5.74, 6) is 1.80. The Morgan fingerprint density at radius 2 is 2.17 bits per heavy atom. The van der Waals surface area contributed by atoms with Crippen LogP contribution in [0, 0.1) is 5.92 Å². The van der Waals surface area contributed by atoms with Gasteiger partial charge in [-0.1, -0.05) is 29.5 Å². The summed E-state index contributed by atoms with van der Waals surface area (Å²) in [7, 11) is 0. The van der Waals surface area contributed by atoms with E-state index in [1.807, 2.05) is 18.2 Å². The van der Waals surface area contributed by atoms with Crippen molar-refractivity contribution >= 4 is 22.5 Å². The number of aromatic nitrogens is 2. The molecule has 4 rings (SSSR count). The van der Waals surface area contributed by atoms with Crippen LogP contribution in [0.25, 0.3) is 0 Å². The zero-order valence-electron chi connectivity index (χ0n) is 12.6. The van der Waals surface area contributed by atoms with Gasteiger partial charge in [0.25, 0.3) is 0 Å². The van der Waals surface area contributed by atoms with Crippen LogP contribution in [0.3, 0.4) is 0 Å². The lowest BCUT2D eigenvalue weighted by Gasteiger charge is -2.25. The minimum Gasteiger partial charge on any atom is -0.493 e. The van der Waals surface area contributed by atoms with Crippen molar-refractivity contribution in [3.63, 3.8) is 0 Å². The van der Waals surface area contributed by atoms with Crippen molar-refractivity contribution in [2.45, 2.75) is 25.2 Å². The number of fused-ring (bicyclic) bond motifs is 1. The Kier molecular flexibility index (Phi) is 3.87. The Hall–Kier alpha value is -2.15. The summed E-state index contributed by atoms with van der Waals surface area (Å²) < 4.78 is 5.73. The van der Waals surface area contributed by atoms with Crippen molar-refractivity contribution < 1.29 is 9.53 Å². The fourth-order valence-corrected chi connectivity index (χ4v) is 3.59. The van der Waals surface area contributed by atoms with Gasteiger partial charge in [-0.3, -0.25) is 5.32 Å². The summed E-state index contributed by atoms with van der Waals surface area (Å²) in [5, 5.41) is 15.4. The van der Waals surface area contributed by atoms with E-state index in [1.54, 1.807) is 0 Å². The molecule has 1 aliphatic carbocycles. The number of carbonyl (C=O) groups is 1. The van der Waals surface area contributed by atoms with Crippen LogP contribution >= 0.6 is 11.3 Å². The van der Waals surface area contributed by atoms with Crippen molar-refractivity contribution in [3.05, 3.63) is 34.8 Å². The summed E-state index contributed by atoms with van der Waals surface area (Å²) in [4.78, 5) is 12.0.